The van der Waals surface area contributed by atoms with Gasteiger partial charge in [0, 0.05) is 37.8 Å². The molecule has 1 aliphatic carbocycles. The summed E-state index contributed by atoms with van der Waals surface area (Å²) in [6, 6.07) is 6.42. The molecule has 0 bridgehead atoms. The van der Waals surface area contributed by atoms with Crippen molar-refractivity contribution in [2.75, 3.05) is 26.2 Å². The van der Waals surface area contributed by atoms with Gasteiger partial charge in [0.2, 0.25) is 10.0 Å². The third kappa shape index (κ3) is 3.91. The number of sulfonamides is 1. The van der Waals surface area contributed by atoms with Gasteiger partial charge in [-0.1, -0.05) is 6.07 Å². The van der Waals surface area contributed by atoms with Crippen molar-refractivity contribution in [2.45, 2.75) is 30.7 Å². The van der Waals surface area contributed by atoms with Gasteiger partial charge in [-0.3, -0.25) is 4.79 Å². The van der Waals surface area contributed by atoms with Crippen LogP contribution >= 0.6 is 0 Å². The first-order valence-electron chi connectivity index (χ1n) is 8.09. The predicted octanol–water partition coefficient (Wildman–Crippen LogP) is 0.809. The van der Waals surface area contributed by atoms with Gasteiger partial charge in [0.1, 0.15) is 0 Å². The minimum atomic E-state index is -3.55. The summed E-state index contributed by atoms with van der Waals surface area (Å²) >= 11 is 0. The van der Waals surface area contributed by atoms with Gasteiger partial charge in [-0.25, -0.2) is 13.1 Å². The highest BCUT2D eigenvalue weighted by Crippen LogP contribution is 2.28. The molecule has 1 saturated carbocycles. The minimum Gasteiger partial charge on any atom is -0.333 e. The van der Waals surface area contributed by atoms with E-state index in [0.717, 1.165) is 25.9 Å². The van der Waals surface area contributed by atoms with Crippen LogP contribution in [0.15, 0.2) is 29.2 Å². The number of benzene rings is 1. The lowest BCUT2D eigenvalue weighted by Crippen LogP contribution is -2.52. The molecule has 0 unspecified atom stereocenters. The van der Waals surface area contributed by atoms with E-state index in [1.807, 2.05) is 6.92 Å². The number of hydrogen-bond acceptors (Lipinski definition) is 4. The number of piperazine rings is 1. The molecule has 1 aromatic rings. The highest BCUT2D eigenvalue weighted by Gasteiger charge is 2.27. The number of amides is 1. The van der Waals surface area contributed by atoms with Gasteiger partial charge in [0.05, 0.1) is 4.90 Å². The average molecular weight is 337 g/mol. The van der Waals surface area contributed by atoms with Crippen LogP contribution in [0.25, 0.3) is 0 Å². The minimum absolute atomic E-state index is 0.101. The number of rotatable bonds is 5. The number of hydrogen-bond donors (Lipinski definition) is 2. The van der Waals surface area contributed by atoms with Crippen LogP contribution in [0, 0.1) is 5.92 Å². The van der Waals surface area contributed by atoms with Crippen molar-refractivity contribution in [3.05, 3.63) is 29.8 Å². The van der Waals surface area contributed by atoms with Crippen molar-refractivity contribution in [2.24, 2.45) is 5.92 Å². The summed E-state index contributed by atoms with van der Waals surface area (Å²) in [7, 11) is -3.55. The number of carbonyl (C=O) groups excluding carboxylic acids is 1. The summed E-state index contributed by atoms with van der Waals surface area (Å²) in [5, 5.41) is 3.24. The molecule has 1 amide bonds. The predicted molar refractivity (Wildman–Crippen MR) is 87.7 cm³/mol. The van der Waals surface area contributed by atoms with Crippen LogP contribution in [-0.2, 0) is 10.0 Å². The van der Waals surface area contributed by atoms with Crippen LogP contribution in [0.1, 0.15) is 30.1 Å². The van der Waals surface area contributed by atoms with E-state index < -0.39 is 10.0 Å². The van der Waals surface area contributed by atoms with Gasteiger partial charge in [0.25, 0.3) is 5.91 Å². The summed E-state index contributed by atoms with van der Waals surface area (Å²) in [6.07, 6.45) is 2.17. The Hall–Kier alpha value is -1.44. The average Bonchev–Trinajstić information content (AvgIpc) is 3.37. The Morgan fingerprint density at radius 3 is 2.87 bits per heavy atom. The van der Waals surface area contributed by atoms with E-state index >= 15 is 0 Å². The van der Waals surface area contributed by atoms with Crippen molar-refractivity contribution in [1.82, 2.24) is 14.9 Å². The molecule has 1 atom stereocenters. The Morgan fingerprint density at radius 2 is 2.17 bits per heavy atom. The van der Waals surface area contributed by atoms with Gasteiger partial charge in [-0.2, -0.15) is 0 Å². The Morgan fingerprint density at radius 1 is 1.39 bits per heavy atom. The van der Waals surface area contributed by atoms with E-state index in [2.05, 4.69) is 10.0 Å². The van der Waals surface area contributed by atoms with Gasteiger partial charge in [-0.15, -0.1) is 0 Å². The van der Waals surface area contributed by atoms with Crippen LogP contribution in [-0.4, -0.2) is 51.4 Å². The molecule has 126 valence electrons. The van der Waals surface area contributed by atoms with Crippen LogP contribution in [0.4, 0.5) is 0 Å². The highest BCUT2D eigenvalue weighted by molar-refractivity contribution is 7.89. The molecule has 1 aliphatic heterocycles. The Labute approximate surface area is 137 Å². The maximum Gasteiger partial charge on any atom is 0.254 e. The normalized spacial score (nSPS) is 22.1. The number of carbonyl (C=O) groups is 1. The molecular weight excluding hydrogens is 314 g/mol. The molecule has 1 heterocycles. The topological polar surface area (TPSA) is 78.5 Å². The van der Waals surface area contributed by atoms with Gasteiger partial charge in [-0.05, 0) is 43.9 Å². The van der Waals surface area contributed by atoms with E-state index in [-0.39, 0.29) is 16.8 Å². The van der Waals surface area contributed by atoms with E-state index in [1.54, 1.807) is 17.0 Å². The fraction of sp³-hybridized carbons (Fsp3) is 0.562. The quantitative estimate of drug-likeness (QED) is 0.833. The maximum atomic E-state index is 12.6. The summed E-state index contributed by atoms with van der Waals surface area (Å²) in [4.78, 5) is 14.6. The van der Waals surface area contributed by atoms with E-state index in [9.17, 15) is 13.2 Å². The molecule has 2 N–H and O–H groups in total. The summed E-state index contributed by atoms with van der Waals surface area (Å²) in [6.45, 7) is 4.62. The van der Waals surface area contributed by atoms with Crippen LogP contribution in [0.3, 0.4) is 0 Å². The van der Waals surface area contributed by atoms with Crippen molar-refractivity contribution in [3.8, 4) is 0 Å². The van der Waals surface area contributed by atoms with Gasteiger partial charge in [0.15, 0.2) is 0 Å². The highest BCUT2D eigenvalue weighted by atomic mass is 32.2. The molecular formula is C16H23N3O3S. The first kappa shape index (κ1) is 16.4. The summed E-state index contributed by atoms with van der Waals surface area (Å²) in [5.41, 5.74) is 0.424. The Bertz CT molecular complexity index is 686. The molecule has 3 rings (SSSR count). The maximum absolute atomic E-state index is 12.6. The molecule has 2 aliphatic rings. The zero-order valence-electron chi connectivity index (χ0n) is 13.3. The zero-order valence-corrected chi connectivity index (χ0v) is 14.1. The number of nitrogens with zero attached hydrogens (tertiary/aromatic N) is 1. The second-order valence-electron chi connectivity index (χ2n) is 6.37. The standard InChI is InChI=1S/C16H23N3O3S/c1-12-10-17-7-8-19(12)16(20)14-3-2-4-15(9-14)23(21,22)18-11-13-5-6-13/h2-4,9,12-13,17-18H,5-8,10-11H2,1H3/t12-/m1/s1. The monoisotopic (exact) mass is 337 g/mol. The van der Waals surface area contributed by atoms with Crippen LogP contribution in [0.5, 0.6) is 0 Å². The molecule has 0 radical (unpaired) electrons. The van der Waals surface area contributed by atoms with Crippen molar-refractivity contribution >= 4 is 15.9 Å². The summed E-state index contributed by atoms with van der Waals surface area (Å²) in [5.74, 6) is 0.356. The van der Waals surface area contributed by atoms with E-state index in [1.165, 1.54) is 12.1 Å². The van der Waals surface area contributed by atoms with Crippen LogP contribution < -0.4 is 10.0 Å². The first-order valence-corrected chi connectivity index (χ1v) is 9.57. The second-order valence-corrected chi connectivity index (χ2v) is 8.14. The lowest BCUT2D eigenvalue weighted by Gasteiger charge is -2.34. The second kappa shape index (κ2) is 6.59. The largest absolute Gasteiger partial charge is 0.333 e. The molecule has 0 spiro atoms. The molecule has 2 fully saturated rings. The molecule has 1 aromatic carbocycles. The lowest BCUT2D eigenvalue weighted by atomic mass is 10.1. The Kier molecular flexibility index (Phi) is 4.70. The SMILES string of the molecule is C[C@@H]1CNCCN1C(=O)c1cccc(S(=O)(=O)NCC2CC2)c1. The third-order valence-electron chi connectivity index (χ3n) is 4.41. The third-order valence-corrected chi connectivity index (χ3v) is 5.83. The van der Waals surface area contributed by atoms with Gasteiger partial charge < -0.3 is 10.2 Å². The fourth-order valence-corrected chi connectivity index (χ4v) is 3.90. The molecule has 1 saturated heterocycles. The smallest absolute Gasteiger partial charge is 0.254 e. The van der Waals surface area contributed by atoms with Gasteiger partial charge >= 0.3 is 0 Å². The van der Waals surface area contributed by atoms with E-state index in [4.69, 9.17) is 0 Å². The first-order chi connectivity index (χ1) is 11.0. The molecule has 0 aromatic heterocycles. The van der Waals surface area contributed by atoms with Crippen LogP contribution in [0.2, 0.25) is 0 Å². The molecule has 7 heteroatoms. The lowest BCUT2D eigenvalue weighted by molar-refractivity contribution is 0.0655. The van der Waals surface area contributed by atoms with Crippen molar-refractivity contribution in [3.63, 3.8) is 0 Å². The molecule has 23 heavy (non-hydrogen) atoms. The molecule has 6 nitrogen and oxygen atoms in total. The van der Waals surface area contributed by atoms with Crippen molar-refractivity contribution in [1.29, 1.82) is 0 Å². The summed E-state index contributed by atoms with van der Waals surface area (Å²) < 4.78 is 27.3. The number of nitrogens with one attached hydrogen (secondary N) is 2. The zero-order chi connectivity index (χ0) is 16.4. The van der Waals surface area contributed by atoms with E-state index in [0.29, 0.717) is 24.6 Å². The fourth-order valence-electron chi connectivity index (χ4n) is 2.74. The Balaban J connectivity index is 1.77. The van der Waals surface area contributed by atoms with Crippen molar-refractivity contribution < 1.29 is 13.2 Å².